The van der Waals surface area contributed by atoms with Gasteiger partial charge in [0.15, 0.2) is 0 Å². The van der Waals surface area contributed by atoms with Crippen LogP contribution >= 0.6 is 0 Å². The first kappa shape index (κ1) is 21.1. The maximum atomic E-state index is 11.7. The topological polar surface area (TPSA) is 35.5 Å². The summed E-state index contributed by atoms with van der Waals surface area (Å²) in [5, 5.41) is 0. The van der Waals surface area contributed by atoms with Crippen LogP contribution in [0.3, 0.4) is 0 Å². The Morgan fingerprint density at radius 1 is 0.968 bits per heavy atom. The van der Waals surface area contributed by atoms with Crippen molar-refractivity contribution in [3.05, 3.63) is 35.9 Å². The number of carbonyl (C=O) groups excluding carboxylic acids is 1. The lowest BCUT2D eigenvalue weighted by molar-refractivity contribution is -0.159. The fourth-order valence-electron chi connectivity index (χ4n) is 8.27. The van der Waals surface area contributed by atoms with E-state index >= 15 is 0 Å². The van der Waals surface area contributed by atoms with E-state index in [-0.39, 0.29) is 17.5 Å². The number of hydrogen-bond donors (Lipinski definition) is 0. The van der Waals surface area contributed by atoms with E-state index in [1.807, 2.05) is 0 Å². The summed E-state index contributed by atoms with van der Waals surface area (Å²) in [4.78, 5) is 11.7. The third kappa shape index (κ3) is 3.34. The molecule has 7 atom stereocenters. The molecule has 0 amide bonds. The summed E-state index contributed by atoms with van der Waals surface area (Å²) in [5.74, 6) is 3.95. The summed E-state index contributed by atoms with van der Waals surface area (Å²) in [6.07, 6.45) is 12.6. The molecule has 0 N–H and O–H groups in total. The van der Waals surface area contributed by atoms with Crippen molar-refractivity contribution in [1.82, 2.24) is 0 Å². The van der Waals surface area contributed by atoms with Gasteiger partial charge in [0.25, 0.3) is 0 Å². The van der Waals surface area contributed by atoms with Gasteiger partial charge in [-0.15, -0.1) is 0 Å². The van der Waals surface area contributed by atoms with Gasteiger partial charge in [0.05, 0.1) is 7.11 Å². The molecule has 3 saturated carbocycles. The van der Waals surface area contributed by atoms with Crippen LogP contribution in [0.15, 0.2) is 30.3 Å². The highest BCUT2D eigenvalue weighted by Gasteiger charge is 2.60. The number of carbonyl (C=O) groups is 1. The Labute approximate surface area is 187 Å². The van der Waals surface area contributed by atoms with E-state index in [0.717, 1.165) is 35.8 Å². The molecular formula is C28H38O3. The molecule has 31 heavy (non-hydrogen) atoms. The molecule has 3 fully saturated rings. The van der Waals surface area contributed by atoms with Gasteiger partial charge in [-0.2, -0.15) is 0 Å². The predicted molar refractivity (Wildman–Crippen MR) is 124 cm³/mol. The first-order valence-corrected chi connectivity index (χ1v) is 12.4. The molecule has 1 aromatic carbocycles. The van der Waals surface area contributed by atoms with Crippen LogP contribution in [0.5, 0.6) is 5.75 Å². The van der Waals surface area contributed by atoms with Crippen LogP contribution in [-0.4, -0.2) is 19.2 Å². The van der Waals surface area contributed by atoms with Crippen LogP contribution in [-0.2, 0) is 9.53 Å². The molecule has 3 heteroatoms. The lowest BCUT2D eigenvalue weighted by Gasteiger charge is -2.60. The number of ether oxygens (including phenoxy) is 2. The average molecular weight is 423 g/mol. The van der Waals surface area contributed by atoms with Gasteiger partial charge in [0.1, 0.15) is 11.9 Å². The van der Waals surface area contributed by atoms with Crippen LogP contribution < -0.4 is 4.74 Å². The maximum Gasteiger partial charge on any atom is 0.302 e. The lowest BCUT2D eigenvalue weighted by Crippen LogP contribution is -2.53. The lowest BCUT2D eigenvalue weighted by atomic mass is 9.45. The third-order valence-electron chi connectivity index (χ3n) is 10.0. The molecule has 0 unspecified atom stereocenters. The molecule has 0 radical (unpaired) electrons. The Morgan fingerprint density at radius 2 is 1.71 bits per heavy atom. The van der Waals surface area contributed by atoms with Gasteiger partial charge < -0.3 is 9.47 Å². The smallest absolute Gasteiger partial charge is 0.302 e. The Morgan fingerprint density at radius 3 is 2.42 bits per heavy atom. The summed E-state index contributed by atoms with van der Waals surface area (Å²) >= 11 is 0. The zero-order valence-electron chi connectivity index (χ0n) is 19.7. The van der Waals surface area contributed by atoms with Gasteiger partial charge in [-0.3, -0.25) is 4.79 Å². The second kappa shape index (κ2) is 7.67. The molecule has 0 bridgehead atoms. The van der Waals surface area contributed by atoms with Crippen LogP contribution in [0, 0.1) is 34.5 Å². The van der Waals surface area contributed by atoms with E-state index in [1.165, 1.54) is 56.1 Å². The zero-order valence-corrected chi connectivity index (χ0v) is 19.7. The highest BCUT2D eigenvalue weighted by Crippen LogP contribution is 2.66. The molecule has 0 saturated heterocycles. The normalized spacial score (nSPS) is 41.4. The average Bonchev–Trinajstić information content (AvgIpc) is 3.09. The number of rotatable bonds is 3. The Balaban J connectivity index is 1.36. The maximum absolute atomic E-state index is 11.7. The van der Waals surface area contributed by atoms with Gasteiger partial charge >= 0.3 is 5.97 Å². The van der Waals surface area contributed by atoms with Gasteiger partial charge in [-0.25, -0.2) is 0 Å². The summed E-state index contributed by atoms with van der Waals surface area (Å²) < 4.78 is 11.2. The fraction of sp³-hybridized carbons (Fsp3) is 0.679. The van der Waals surface area contributed by atoms with Gasteiger partial charge in [0.2, 0.25) is 0 Å². The fourth-order valence-corrected chi connectivity index (χ4v) is 8.27. The van der Waals surface area contributed by atoms with Crippen molar-refractivity contribution in [2.24, 2.45) is 34.5 Å². The van der Waals surface area contributed by atoms with Crippen molar-refractivity contribution in [3.8, 4) is 5.75 Å². The molecule has 0 heterocycles. The zero-order chi connectivity index (χ0) is 21.8. The van der Waals surface area contributed by atoms with Gasteiger partial charge in [-0.05, 0) is 104 Å². The van der Waals surface area contributed by atoms with Crippen LogP contribution in [0.25, 0.3) is 5.57 Å². The second-order valence-corrected chi connectivity index (χ2v) is 11.2. The second-order valence-electron chi connectivity index (χ2n) is 11.2. The number of allylic oxidation sites excluding steroid dienone is 2. The molecule has 4 aliphatic carbocycles. The standard InChI is InChI=1S/C28H38O3/c1-18(29)31-26-12-11-24-23-10-7-21-17-20(19-5-8-22(30-4)9-6-19)13-15-27(21,2)25(23)14-16-28(24,26)3/h5-6,8-9,13,21,23-26H,7,10-12,14-17H2,1-4H3/t21-,23-,24+,25-,26-,27+,28+/m1/s1. The number of esters is 1. The molecule has 4 aliphatic rings. The van der Waals surface area contributed by atoms with Gasteiger partial charge in [0, 0.05) is 12.3 Å². The van der Waals surface area contributed by atoms with Crippen molar-refractivity contribution in [3.63, 3.8) is 0 Å². The Kier molecular flexibility index (Phi) is 5.22. The van der Waals surface area contributed by atoms with E-state index in [0.29, 0.717) is 5.41 Å². The molecule has 0 aromatic heterocycles. The van der Waals surface area contributed by atoms with Gasteiger partial charge in [-0.1, -0.05) is 32.1 Å². The van der Waals surface area contributed by atoms with Crippen molar-refractivity contribution < 1.29 is 14.3 Å². The van der Waals surface area contributed by atoms with Crippen molar-refractivity contribution in [2.45, 2.75) is 78.2 Å². The minimum absolute atomic E-state index is 0.104. The minimum Gasteiger partial charge on any atom is -0.497 e. The molecule has 168 valence electrons. The molecule has 0 spiro atoms. The van der Waals surface area contributed by atoms with E-state index in [2.05, 4.69) is 44.2 Å². The van der Waals surface area contributed by atoms with E-state index < -0.39 is 0 Å². The number of fused-ring (bicyclic) bond motifs is 5. The number of hydrogen-bond acceptors (Lipinski definition) is 3. The van der Waals surface area contributed by atoms with Crippen molar-refractivity contribution in [1.29, 1.82) is 0 Å². The highest BCUT2D eigenvalue weighted by molar-refractivity contribution is 5.67. The Bertz CT molecular complexity index is 871. The summed E-state index contributed by atoms with van der Waals surface area (Å²) in [7, 11) is 1.73. The van der Waals surface area contributed by atoms with Crippen molar-refractivity contribution in [2.75, 3.05) is 7.11 Å². The summed E-state index contributed by atoms with van der Waals surface area (Å²) in [5.41, 5.74) is 3.50. The third-order valence-corrected chi connectivity index (χ3v) is 10.0. The summed E-state index contributed by atoms with van der Waals surface area (Å²) in [6, 6.07) is 8.61. The molecular weight excluding hydrogens is 384 g/mol. The summed E-state index contributed by atoms with van der Waals surface area (Å²) in [6.45, 7) is 6.59. The molecule has 3 nitrogen and oxygen atoms in total. The number of benzene rings is 1. The minimum atomic E-state index is -0.104. The first-order chi connectivity index (χ1) is 14.8. The molecule has 5 rings (SSSR count). The van der Waals surface area contributed by atoms with Crippen LogP contribution in [0.2, 0.25) is 0 Å². The predicted octanol–water partition coefficient (Wildman–Crippen LogP) is 6.66. The molecule has 0 aliphatic heterocycles. The largest absolute Gasteiger partial charge is 0.497 e. The van der Waals surface area contributed by atoms with Crippen LogP contribution in [0.1, 0.15) is 77.7 Å². The van der Waals surface area contributed by atoms with E-state index in [4.69, 9.17) is 9.47 Å². The van der Waals surface area contributed by atoms with E-state index in [9.17, 15) is 4.79 Å². The number of methoxy groups -OCH3 is 1. The van der Waals surface area contributed by atoms with Crippen LogP contribution in [0.4, 0.5) is 0 Å². The van der Waals surface area contributed by atoms with Crippen molar-refractivity contribution >= 4 is 11.5 Å². The SMILES string of the molecule is COc1ccc(C2=CC[C@@]3(C)[C@H](CC[C@H]4[C@H]3CC[C@]3(C)[C@H](OC(C)=O)CC[C@@H]43)C2)cc1. The quantitative estimate of drug-likeness (QED) is 0.511. The highest BCUT2D eigenvalue weighted by atomic mass is 16.5. The Hall–Kier alpha value is -1.77. The first-order valence-electron chi connectivity index (χ1n) is 12.4. The van der Waals surface area contributed by atoms with E-state index in [1.54, 1.807) is 14.0 Å². The monoisotopic (exact) mass is 422 g/mol. The molecule has 1 aromatic rings.